The summed E-state index contributed by atoms with van der Waals surface area (Å²) in [6.07, 6.45) is 7.81. The van der Waals surface area contributed by atoms with E-state index in [1.807, 2.05) is 6.21 Å². The van der Waals surface area contributed by atoms with Gasteiger partial charge in [-0.15, -0.1) is 0 Å². The summed E-state index contributed by atoms with van der Waals surface area (Å²) in [5.41, 5.74) is 2.45. The molecule has 0 bridgehead atoms. The molecule has 0 atom stereocenters. The largest absolute Gasteiger partial charge is 0.482 e. The van der Waals surface area contributed by atoms with Crippen molar-refractivity contribution in [3.63, 3.8) is 0 Å². The molecule has 1 saturated carbocycles. The predicted octanol–water partition coefficient (Wildman–Crippen LogP) is 4.71. The van der Waals surface area contributed by atoms with Crippen LogP contribution in [0.15, 0.2) is 17.2 Å². The summed E-state index contributed by atoms with van der Waals surface area (Å²) in [4.78, 5) is 11.7. The lowest BCUT2D eigenvalue weighted by Gasteiger charge is -2.16. The van der Waals surface area contributed by atoms with Crippen LogP contribution in [0.1, 0.15) is 32.1 Å². The van der Waals surface area contributed by atoms with Gasteiger partial charge in [0.2, 0.25) is 0 Å². The Morgan fingerprint density at radius 2 is 1.86 bits per heavy atom. The van der Waals surface area contributed by atoms with Crippen LogP contribution in [0.2, 0.25) is 15.1 Å². The maximum atomic E-state index is 11.7. The van der Waals surface area contributed by atoms with E-state index >= 15 is 0 Å². The minimum absolute atomic E-state index is 0.195. The lowest BCUT2D eigenvalue weighted by Crippen LogP contribution is -2.25. The Bertz CT molecular complexity index is 558. The van der Waals surface area contributed by atoms with Gasteiger partial charge in [-0.25, -0.2) is 5.43 Å². The fourth-order valence-electron chi connectivity index (χ4n) is 2.29. The third-order valence-electron chi connectivity index (χ3n) is 3.46. The van der Waals surface area contributed by atoms with Crippen LogP contribution in [0.25, 0.3) is 0 Å². The standard InChI is InChI=1S/C15H17Cl3N2O2/c16-11-6-13(18)14(7-12(11)17)22-9-15(21)20-19-8-10-4-2-1-3-5-10/h6-8,10H,1-5,9H2,(H,20,21). The van der Waals surface area contributed by atoms with Gasteiger partial charge in [-0.2, -0.15) is 5.10 Å². The Morgan fingerprint density at radius 1 is 1.18 bits per heavy atom. The van der Waals surface area contributed by atoms with Crippen molar-refractivity contribution in [1.29, 1.82) is 0 Å². The maximum absolute atomic E-state index is 11.7. The third kappa shape index (κ3) is 5.34. The zero-order chi connectivity index (χ0) is 15.9. The number of rotatable bonds is 5. The molecule has 1 amide bonds. The number of hydrogen-bond acceptors (Lipinski definition) is 3. The van der Waals surface area contributed by atoms with E-state index in [1.54, 1.807) is 0 Å². The van der Waals surface area contributed by atoms with Gasteiger partial charge in [0.05, 0.1) is 15.1 Å². The summed E-state index contributed by atoms with van der Waals surface area (Å²) < 4.78 is 5.32. The summed E-state index contributed by atoms with van der Waals surface area (Å²) in [6.45, 7) is -0.195. The fraction of sp³-hybridized carbons (Fsp3) is 0.467. The van der Waals surface area contributed by atoms with Crippen LogP contribution in [0.4, 0.5) is 0 Å². The summed E-state index contributed by atoms with van der Waals surface area (Å²) in [5, 5.41) is 4.93. The molecule has 1 aliphatic rings. The first kappa shape index (κ1) is 17.4. The van der Waals surface area contributed by atoms with Crippen molar-refractivity contribution in [3.8, 4) is 5.75 Å². The van der Waals surface area contributed by atoms with E-state index < -0.39 is 0 Å². The molecule has 0 saturated heterocycles. The average Bonchev–Trinajstić information content (AvgIpc) is 2.50. The highest BCUT2D eigenvalue weighted by atomic mass is 35.5. The molecule has 1 N–H and O–H groups in total. The van der Waals surface area contributed by atoms with Crippen molar-refractivity contribution in [1.82, 2.24) is 5.43 Å². The first-order valence-corrected chi connectivity index (χ1v) is 8.29. The SMILES string of the molecule is O=C(COc1cc(Cl)c(Cl)cc1Cl)NN=CC1CCCCC1. The molecular formula is C15H17Cl3N2O2. The van der Waals surface area contributed by atoms with Crippen LogP contribution in [0.3, 0.4) is 0 Å². The second kappa shape index (κ2) is 8.61. The Kier molecular flexibility index (Phi) is 6.80. The van der Waals surface area contributed by atoms with Crippen molar-refractivity contribution in [2.75, 3.05) is 6.61 Å². The number of hydrazone groups is 1. The molecule has 0 unspecified atom stereocenters. The van der Waals surface area contributed by atoms with Crippen molar-refractivity contribution in [3.05, 3.63) is 27.2 Å². The van der Waals surface area contributed by atoms with Gasteiger partial charge in [0.25, 0.3) is 5.91 Å². The van der Waals surface area contributed by atoms with Crippen LogP contribution in [0.5, 0.6) is 5.75 Å². The smallest absolute Gasteiger partial charge is 0.277 e. The van der Waals surface area contributed by atoms with Gasteiger partial charge in [0.1, 0.15) is 5.75 Å². The molecule has 0 aromatic heterocycles. The quantitative estimate of drug-likeness (QED) is 0.468. The zero-order valence-corrected chi connectivity index (χ0v) is 14.2. The average molecular weight is 364 g/mol. The second-order valence-electron chi connectivity index (χ2n) is 5.20. The number of nitrogens with one attached hydrogen (secondary N) is 1. The molecule has 0 spiro atoms. The number of amides is 1. The molecule has 22 heavy (non-hydrogen) atoms. The summed E-state index contributed by atoms with van der Waals surface area (Å²) in [5.74, 6) is 0.413. The maximum Gasteiger partial charge on any atom is 0.277 e. The van der Waals surface area contributed by atoms with Crippen molar-refractivity contribution >= 4 is 46.9 Å². The molecule has 0 radical (unpaired) electrons. The van der Waals surface area contributed by atoms with E-state index in [4.69, 9.17) is 39.5 Å². The predicted molar refractivity (Wildman–Crippen MR) is 90.2 cm³/mol. The molecule has 0 heterocycles. The number of ether oxygens (including phenoxy) is 1. The molecular weight excluding hydrogens is 347 g/mol. The number of nitrogens with zero attached hydrogens (tertiary/aromatic N) is 1. The summed E-state index contributed by atoms with van der Waals surface area (Å²) in [7, 11) is 0. The van der Waals surface area contributed by atoms with Crippen LogP contribution in [-0.2, 0) is 4.79 Å². The van der Waals surface area contributed by atoms with Crippen molar-refractivity contribution in [2.24, 2.45) is 11.0 Å². The zero-order valence-electron chi connectivity index (χ0n) is 11.9. The van der Waals surface area contributed by atoms with Gasteiger partial charge in [0.15, 0.2) is 6.61 Å². The Hall–Kier alpha value is -0.970. The highest BCUT2D eigenvalue weighted by Crippen LogP contribution is 2.33. The van der Waals surface area contributed by atoms with Gasteiger partial charge >= 0.3 is 0 Å². The highest BCUT2D eigenvalue weighted by Gasteiger charge is 2.11. The summed E-state index contributed by atoms with van der Waals surface area (Å²) in [6, 6.07) is 2.95. The van der Waals surface area contributed by atoms with Crippen LogP contribution in [-0.4, -0.2) is 18.7 Å². The third-order valence-corrected chi connectivity index (χ3v) is 4.48. The molecule has 2 rings (SSSR count). The molecule has 4 nitrogen and oxygen atoms in total. The van der Waals surface area contributed by atoms with Gasteiger partial charge in [-0.1, -0.05) is 54.1 Å². The van der Waals surface area contributed by atoms with E-state index in [9.17, 15) is 4.79 Å². The molecule has 120 valence electrons. The molecule has 0 aliphatic heterocycles. The molecule has 1 aromatic rings. The minimum Gasteiger partial charge on any atom is -0.482 e. The van der Waals surface area contributed by atoms with E-state index in [0.717, 1.165) is 12.8 Å². The molecule has 1 aromatic carbocycles. The summed E-state index contributed by atoms with van der Waals surface area (Å²) >= 11 is 17.7. The fourth-order valence-corrected chi connectivity index (χ4v) is 2.88. The second-order valence-corrected chi connectivity index (χ2v) is 6.42. The molecule has 1 fully saturated rings. The number of carbonyl (C=O) groups is 1. The van der Waals surface area contributed by atoms with E-state index in [0.29, 0.717) is 26.7 Å². The first-order valence-electron chi connectivity index (χ1n) is 7.15. The first-order chi connectivity index (χ1) is 10.6. The van der Waals surface area contributed by atoms with Gasteiger partial charge in [0, 0.05) is 12.3 Å². The Balaban J connectivity index is 1.78. The Labute approximate surface area is 144 Å². The van der Waals surface area contributed by atoms with Crippen LogP contribution < -0.4 is 10.2 Å². The highest BCUT2D eigenvalue weighted by molar-refractivity contribution is 6.43. The van der Waals surface area contributed by atoms with Gasteiger partial charge < -0.3 is 4.74 Å². The van der Waals surface area contributed by atoms with Crippen molar-refractivity contribution in [2.45, 2.75) is 32.1 Å². The minimum atomic E-state index is -0.353. The lowest BCUT2D eigenvalue weighted by atomic mass is 9.90. The molecule has 7 heteroatoms. The normalized spacial score (nSPS) is 16.0. The lowest BCUT2D eigenvalue weighted by molar-refractivity contribution is -0.123. The van der Waals surface area contributed by atoms with Gasteiger partial charge in [-0.05, 0) is 24.8 Å². The topological polar surface area (TPSA) is 50.7 Å². The van der Waals surface area contributed by atoms with E-state index in [2.05, 4.69) is 10.5 Å². The van der Waals surface area contributed by atoms with E-state index in [1.165, 1.54) is 31.4 Å². The van der Waals surface area contributed by atoms with Crippen LogP contribution >= 0.6 is 34.8 Å². The number of carbonyl (C=O) groups excluding carboxylic acids is 1. The van der Waals surface area contributed by atoms with Gasteiger partial charge in [-0.3, -0.25) is 4.79 Å². The Morgan fingerprint density at radius 3 is 2.59 bits per heavy atom. The van der Waals surface area contributed by atoms with E-state index in [-0.39, 0.29) is 12.5 Å². The number of hydrogen-bond donors (Lipinski definition) is 1. The molecule has 1 aliphatic carbocycles. The monoisotopic (exact) mass is 362 g/mol. The number of halogens is 3. The van der Waals surface area contributed by atoms with Crippen LogP contribution in [0, 0.1) is 5.92 Å². The van der Waals surface area contributed by atoms with Crippen molar-refractivity contribution < 1.29 is 9.53 Å². The number of benzene rings is 1.